The quantitative estimate of drug-likeness (QED) is 0.519. The second kappa shape index (κ2) is 8.55. The molecule has 0 unspecified atom stereocenters. The maximum absolute atomic E-state index is 12.8. The molecular weight excluding hydrogens is 392 g/mol. The summed E-state index contributed by atoms with van der Waals surface area (Å²) >= 11 is 0. The average Bonchev–Trinajstić information content (AvgIpc) is 3.41. The Hall–Kier alpha value is -4.38. The first-order valence-electron chi connectivity index (χ1n) is 9.63. The van der Waals surface area contributed by atoms with Gasteiger partial charge < -0.3 is 10.1 Å². The normalized spacial score (nSPS) is 10.5. The fourth-order valence-corrected chi connectivity index (χ4v) is 3.14. The van der Waals surface area contributed by atoms with Crippen molar-refractivity contribution in [1.82, 2.24) is 19.6 Å². The highest BCUT2D eigenvalue weighted by molar-refractivity contribution is 6.03. The van der Waals surface area contributed by atoms with E-state index < -0.39 is 5.91 Å². The van der Waals surface area contributed by atoms with Gasteiger partial charge in [0.15, 0.2) is 18.2 Å². The van der Waals surface area contributed by atoms with Gasteiger partial charge in [0, 0.05) is 6.20 Å². The largest absolute Gasteiger partial charge is 0.471 e. The minimum Gasteiger partial charge on any atom is -0.471 e. The minimum absolute atomic E-state index is 0.169. The van der Waals surface area contributed by atoms with Gasteiger partial charge in [0.1, 0.15) is 17.4 Å². The third kappa shape index (κ3) is 4.31. The molecule has 0 bridgehead atoms. The first kappa shape index (κ1) is 19.9. The van der Waals surface area contributed by atoms with Crippen LogP contribution in [0.2, 0.25) is 0 Å². The third-order valence-electron chi connectivity index (χ3n) is 4.68. The van der Waals surface area contributed by atoms with Crippen LogP contribution in [-0.2, 0) is 6.73 Å². The van der Waals surface area contributed by atoms with Crippen molar-refractivity contribution in [2.24, 2.45) is 0 Å². The number of carbonyl (C=O) groups excluding carboxylic acids is 1. The number of nitrogens with zero attached hydrogens (tertiary/aromatic N) is 5. The molecule has 0 aliphatic heterocycles. The van der Waals surface area contributed by atoms with Gasteiger partial charge in [0.05, 0.1) is 11.9 Å². The molecule has 0 aliphatic rings. The molecule has 1 amide bonds. The van der Waals surface area contributed by atoms with E-state index in [9.17, 15) is 10.1 Å². The van der Waals surface area contributed by atoms with Crippen LogP contribution in [0.3, 0.4) is 0 Å². The molecule has 1 N–H and O–H groups in total. The van der Waals surface area contributed by atoms with Crippen LogP contribution < -0.4 is 10.1 Å². The first-order chi connectivity index (χ1) is 15.0. The molecule has 0 atom stereocenters. The molecule has 0 spiro atoms. The van der Waals surface area contributed by atoms with Gasteiger partial charge in [0.25, 0.3) is 5.91 Å². The molecule has 8 heteroatoms. The van der Waals surface area contributed by atoms with Crippen molar-refractivity contribution in [1.29, 1.82) is 5.26 Å². The molecule has 4 aromatic rings. The lowest BCUT2D eigenvalue weighted by atomic mass is 10.1. The van der Waals surface area contributed by atoms with Crippen molar-refractivity contribution >= 4 is 11.7 Å². The number of nitriles is 1. The van der Waals surface area contributed by atoms with Crippen molar-refractivity contribution in [3.63, 3.8) is 0 Å². The summed E-state index contributed by atoms with van der Waals surface area (Å²) in [6.45, 7) is 4.17. The summed E-state index contributed by atoms with van der Waals surface area (Å²) in [7, 11) is 0. The summed E-state index contributed by atoms with van der Waals surface area (Å²) in [5.41, 5.74) is 3.38. The molecular formula is C23H20N6O2. The number of ether oxygens (including phenoxy) is 1. The van der Waals surface area contributed by atoms with Crippen LogP contribution in [0.25, 0.3) is 5.69 Å². The van der Waals surface area contributed by atoms with E-state index in [4.69, 9.17) is 4.74 Å². The molecule has 0 saturated carbocycles. The average molecular weight is 412 g/mol. The molecule has 154 valence electrons. The first-order valence-corrected chi connectivity index (χ1v) is 9.63. The summed E-state index contributed by atoms with van der Waals surface area (Å²) in [5.74, 6) is 0.608. The smallest absolute Gasteiger partial charge is 0.277 e. The Bertz CT molecular complexity index is 1270. The Morgan fingerprint density at radius 2 is 1.97 bits per heavy atom. The van der Waals surface area contributed by atoms with E-state index in [1.807, 2.05) is 62.4 Å². The van der Waals surface area contributed by atoms with Gasteiger partial charge in [-0.2, -0.15) is 15.5 Å². The molecule has 8 nitrogen and oxygen atoms in total. The molecule has 0 aliphatic carbocycles. The predicted molar refractivity (Wildman–Crippen MR) is 115 cm³/mol. The molecule has 4 rings (SSSR count). The van der Waals surface area contributed by atoms with Crippen LogP contribution in [-0.4, -0.2) is 25.5 Å². The van der Waals surface area contributed by atoms with Gasteiger partial charge >= 0.3 is 0 Å². The topological polar surface area (TPSA) is 97.8 Å². The van der Waals surface area contributed by atoms with E-state index in [1.165, 1.54) is 15.6 Å². The van der Waals surface area contributed by atoms with Crippen molar-refractivity contribution in [3.8, 4) is 17.5 Å². The van der Waals surface area contributed by atoms with Crippen LogP contribution >= 0.6 is 0 Å². The molecule has 0 radical (unpaired) electrons. The summed E-state index contributed by atoms with van der Waals surface area (Å²) in [6.07, 6.45) is 3.08. The van der Waals surface area contributed by atoms with E-state index in [0.717, 1.165) is 22.6 Å². The maximum atomic E-state index is 12.8. The summed E-state index contributed by atoms with van der Waals surface area (Å²) < 4.78 is 8.85. The highest BCUT2D eigenvalue weighted by Crippen LogP contribution is 2.21. The third-order valence-corrected chi connectivity index (χ3v) is 4.68. The predicted octanol–water partition coefficient (Wildman–Crippen LogP) is 3.85. The van der Waals surface area contributed by atoms with Crippen LogP contribution in [0.5, 0.6) is 5.75 Å². The van der Waals surface area contributed by atoms with Gasteiger partial charge in [0.2, 0.25) is 0 Å². The number of para-hydroxylation sites is 1. The highest BCUT2D eigenvalue weighted by atomic mass is 16.5. The number of benzene rings is 2. The monoisotopic (exact) mass is 412 g/mol. The van der Waals surface area contributed by atoms with E-state index in [0.29, 0.717) is 5.82 Å². The summed E-state index contributed by atoms with van der Waals surface area (Å²) in [5, 5.41) is 20.6. The lowest BCUT2D eigenvalue weighted by Gasteiger charge is -2.10. The lowest BCUT2D eigenvalue weighted by molar-refractivity contribution is 0.101. The number of aryl methyl sites for hydroxylation is 2. The highest BCUT2D eigenvalue weighted by Gasteiger charge is 2.18. The zero-order valence-electron chi connectivity index (χ0n) is 17.1. The zero-order chi connectivity index (χ0) is 21.8. The number of aromatic nitrogens is 4. The van der Waals surface area contributed by atoms with Crippen molar-refractivity contribution < 1.29 is 9.53 Å². The second-order valence-corrected chi connectivity index (χ2v) is 7.00. The van der Waals surface area contributed by atoms with Gasteiger partial charge in [-0.05, 0) is 43.7 Å². The van der Waals surface area contributed by atoms with E-state index >= 15 is 0 Å². The SMILES string of the molecule is Cc1ccc(OCn2ccc(C(=O)Nc3c(C#N)cnn3-c3ccccc3)n2)c(C)c1. The molecule has 31 heavy (non-hydrogen) atoms. The van der Waals surface area contributed by atoms with Crippen LogP contribution in [0.1, 0.15) is 27.2 Å². The van der Waals surface area contributed by atoms with E-state index in [-0.39, 0.29) is 18.0 Å². The molecule has 0 fully saturated rings. The fraction of sp³-hybridized carbons (Fsp3) is 0.130. The van der Waals surface area contributed by atoms with Crippen LogP contribution in [0.4, 0.5) is 5.82 Å². The van der Waals surface area contributed by atoms with Crippen LogP contribution in [0, 0.1) is 25.2 Å². The second-order valence-electron chi connectivity index (χ2n) is 7.00. The standard InChI is InChI=1S/C23H20N6O2/c1-16-8-9-21(17(2)12-16)31-15-28-11-10-20(27-28)23(30)26-22-18(13-24)14-25-29(22)19-6-4-3-5-7-19/h3-12,14H,15H2,1-2H3,(H,26,30). The van der Waals surface area contributed by atoms with Gasteiger partial charge in [-0.15, -0.1) is 0 Å². The number of amides is 1. The number of rotatable bonds is 6. The minimum atomic E-state index is -0.445. The number of anilines is 1. The fourth-order valence-electron chi connectivity index (χ4n) is 3.14. The van der Waals surface area contributed by atoms with Gasteiger partial charge in [-0.25, -0.2) is 9.36 Å². The number of hydrogen-bond acceptors (Lipinski definition) is 5. The zero-order valence-corrected chi connectivity index (χ0v) is 17.1. The summed E-state index contributed by atoms with van der Waals surface area (Å²) in [6, 6.07) is 18.8. The van der Waals surface area contributed by atoms with Gasteiger partial charge in [-0.1, -0.05) is 35.9 Å². The molecule has 0 saturated heterocycles. The summed E-state index contributed by atoms with van der Waals surface area (Å²) in [4.78, 5) is 12.8. The van der Waals surface area contributed by atoms with Crippen LogP contribution in [0.15, 0.2) is 67.0 Å². The Kier molecular flexibility index (Phi) is 5.49. The molecule has 2 aromatic heterocycles. The molecule has 2 heterocycles. The Morgan fingerprint density at radius 1 is 1.16 bits per heavy atom. The number of hydrogen-bond donors (Lipinski definition) is 1. The van der Waals surface area contributed by atoms with Crippen molar-refractivity contribution in [2.45, 2.75) is 20.6 Å². The number of carbonyl (C=O) groups is 1. The number of nitrogens with one attached hydrogen (secondary N) is 1. The molecule has 2 aromatic carbocycles. The lowest BCUT2D eigenvalue weighted by Crippen LogP contribution is -2.17. The van der Waals surface area contributed by atoms with E-state index in [1.54, 1.807) is 12.3 Å². The Morgan fingerprint density at radius 3 is 2.71 bits per heavy atom. The van der Waals surface area contributed by atoms with Gasteiger partial charge in [-0.3, -0.25) is 4.79 Å². The maximum Gasteiger partial charge on any atom is 0.277 e. The Balaban J connectivity index is 1.49. The van der Waals surface area contributed by atoms with Crippen molar-refractivity contribution in [3.05, 3.63) is 89.4 Å². The Labute approximate surface area is 179 Å². The van der Waals surface area contributed by atoms with Crippen molar-refractivity contribution in [2.75, 3.05) is 5.32 Å². The van der Waals surface area contributed by atoms with E-state index in [2.05, 4.69) is 21.6 Å².